The van der Waals surface area contributed by atoms with Gasteiger partial charge in [0.05, 0.1) is 25.2 Å². The van der Waals surface area contributed by atoms with E-state index in [1.807, 2.05) is 0 Å². The Morgan fingerprint density at radius 1 is 1.45 bits per heavy atom. The average molecular weight is 274 g/mol. The van der Waals surface area contributed by atoms with Crippen LogP contribution in [0.15, 0.2) is 40.0 Å². The van der Waals surface area contributed by atoms with Crippen LogP contribution in [0.2, 0.25) is 0 Å². The summed E-state index contributed by atoms with van der Waals surface area (Å²) in [4.78, 5) is 11.8. The van der Waals surface area contributed by atoms with Gasteiger partial charge in [-0.05, 0) is 31.2 Å². The molecule has 0 aliphatic rings. The summed E-state index contributed by atoms with van der Waals surface area (Å²) in [5.74, 6) is 0.765. The van der Waals surface area contributed by atoms with Crippen LogP contribution in [-0.4, -0.2) is 24.3 Å². The predicted molar refractivity (Wildman–Crippen MR) is 73.2 cm³/mol. The Bertz CT molecular complexity index is 646. The van der Waals surface area contributed by atoms with Gasteiger partial charge in [0.1, 0.15) is 17.3 Å². The van der Waals surface area contributed by atoms with Gasteiger partial charge >= 0.3 is 0 Å². The van der Waals surface area contributed by atoms with Crippen molar-refractivity contribution in [3.05, 3.63) is 47.4 Å². The van der Waals surface area contributed by atoms with Crippen molar-refractivity contribution in [3.8, 4) is 11.5 Å². The normalized spacial score (nSPS) is 10.7. The molecule has 2 aromatic rings. The number of hydrogen-bond acceptors (Lipinski definition) is 5. The standard InChI is InChI=1S/C14H14N2O4/c1-9-12(5-6-20-9)14(18)16-15-8-10-7-11(19-2)3-4-13(10)17/h3-8,17H,1-2H3,(H,16,18)/b15-8+. The number of nitrogens with zero attached hydrogens (tertiary/aromatic N) is 1. The number of nitrogens with one attached hydrogen (secondary N) is 1. The van der Waals surface area contributed by atoms with Gasteiger partial charge in [-0.15, -0.1) is 0 Å². The van der Waals surface area contributed by atoms with Crippen molar-refractivity contribution in [2.24, 2.45) is 5.10 Å². The molecular formula is C14H14N2O4. The molecule has 0 aliphatic carbocycles. The summed E-state index contributed by atoms with van der Waals surface area (Å²) in [5, 5.41) is 13.4. The van der Waals surface area contributed by atoms with Crippen LogP contribution in [0.3, 0.4) is 0 Å². The van der Waals surface area contributed by atoms with E-state index in [0.29, 0.717) is 22.6 Å². The highest BCUT2D eigenvalue weighted by atomic mass is 16.5. The zero-order chi connectivity index (χ0) is 14.5. The number of aryl methyl sites for hydroxylation is 1. The number of amides is 1. The van der Waals surface area contributed by atoms with Crippen molar-refractivity contribution in [2.45, 2.75) is 6.92 Å². The van der Waals surface area contributed by atoms with Gasteiger partial charge in [0.25, 0.3) is 5.91 Å². The number of hydrazone groups is 1. The summed E-state index contributed by atoms with van der Waals surface area (Å²) in [7, 11) is 1.52. The van der Waals surface area contributed by atoms with Gasteiger partial charge in [-0.3, -0.25) is 4.79 Å². The third kappa shape index (κ3) is 2.97. The molecule has 1 aromatic heterocycles. The number of phenols is 1. The van der Waals surface area contributed by atoms with Gasteiger partial charge in [-0.1, -0.05) is 0 Å². The maximum atomic E-state index is 11.8. The fourth-order valence-corrected chi connectivity index (χ4v) is 1.60. The summed E-state index contributed by atoms with van der Waals surface area (Å²) in [6.07, 6.45) is 2.77. The van der Waals surface area contributed by atoms with Crippen LogP contribution in [0, 0.1) is 6.92 Å². The summed E-state index contributed by atoms with van der Waals surface area (Å²) in [5.41, 5.74) is 3.21. The SMILES string of the molecule is COc1ccc(O)c(/C=N/NC(=O)c2ccoc2C)c1. The van der Waals surface area contributed by atoms with Crippen LogP contribution in [0.5, 0.6) is 11.5 Å². The molecule has 0 saturated heterocycles. The van der Waals surface area contributed by atoms with Crippen molar-refractivity contribution in [3.63, 3.8) is 0 Å². The first-order valence-electron chi connectivity index (χ1n) is 5.86. The first-order valence-corrected chi connectivity index (χ1v) is 5.86. The van der Waals surface area contributed by atoms with E-state index in [2.05, 4.69) is 10.5 Å². The number of furan rings is 1. The number of rotatable bonds is 4. The molecular weight excluding hydrogens is 260 g/mol. The lowest BCUT2D eigenvalue weighted by atomic mass is 10.2. The third-order valence-electron chi connectivity index (χ3n) is 2.71. The molecule has 0 spiro atoms. The molecule has 0 fully saturated rings. The van der Waals surface area contributed by atoms with Crippen LogP contribution in [0.4, 0.5) is 0 Å². The van der Waals surface area contributed by atoms with E-state index in [0.717, 1.165) is 0 Å². The molecule has 1 heterocycles. The molecule has 6 nitrogen and oxygen atoms in total. The van der Waals surface area contributed by atoms with E-state index in [-0.39, 0.29) is 11.7 Å². The number of methoxy groups -OCH3 is 1. The number of hydrogen-bond donors (Lipinski definition) is 2. The van der Waals surface area contributed by atoms with Crippen LogP contribution < -0.4 is 10.2 Å². The average Bonchev–Trinajstić information content (AvgIpc) is 2.87. The van der Waals surface area contributed by atoms with Crippen LogP contribution >= 0.6 is 0 Å². The molecule has 6 heteroatoms. The Morgan fingerprint density at radius 2 is 2.25 bits per heavy atom. The highest BCUT2D eigenvalue weighted by Gasteiger charge is 2.10. The molecule has 0 radical (unpaired) electrons. The largest absolute Gasteiger partial charge is 0.507 e. The predicted octanol–water partition coefficient (Wildman–Crippen LogP) is 2.07. The molecule has 2 rings (SSSR count). The Balaban J connectivity index is 2.07. The number of benzene rings is 1. The van der Waals surface area contributed by atoms with Crippen molar-refractivity contribution in [2.75, 3.05) is 7.11 Å². The summed E-state index contributed by atoms with van der Waals surface area (Å²) in [6, 6.07) is 6.28. The second-order valence-electron chi connectivity index (χ2n) is 4.01. The fraction of sp³-hybridized carbons (Fsp3) is 0.143. The summed E-state index contributed by atoms with van der Waals surface area (Å²) in [6.45, 7) is 1.69. The van der Waals surface area contributed by atoms with Gasteiger partial charge in [-0.2, -0.15) is 5.10 Å². The van der Waals surface area contributed by atoms with Crippen molar-refractivity contribution in [1.82, 2.24) is 5.43 Å². The van der Waals surface area contributed by atoms with Crippen LogP contribution in [0.25, 0.3) is 0 Å². The lowest BCUT2D eigenvalue weighted by Gasteiger charge is -2.03. The van der Waals surface area contributed by atoms with Gasteiger partial charge in [0.15, 0.2) is 0 Å². The molecule has 0 aliphatic heterocycles. The Morgan fingerprint density at radius 3 is 2.90 bits per heavy atom. The molecule has 20 heavy (non-hydrogen) atoms. The zero-order valence-corrected chi connectivity index (χ0v) is 11.1. The smallest absolute Gasteiger partial charge is 0.274 e. The minimum atomic E-state index is -0.380. The maximum Gasteiger partial charge on any atom is 0.274 e. The molecule has 104 valence electrons. The minimum absolute atomic E-state index is 0.0447. The molecule has 0 saturated carbocycles. The Hall–Kier alpha value is -2.76. The molecule has 1 amide bonds. The van der Waals surface area contributed by atoms with E-state index < -0.39 is 0 Å². The van der Waals surface area contributed by atoms with Crippen LogP contribution in [-0.2, 0) is 0 Å². The second-order valence-corrected chi connectivity index (χ2v) is 4.01. The first-order chi connectivity index (χ1) is 9.61. The molecule has 0 bridgehead atoms. The number of carbonyl (C=O) groups excluding carboxylic acids is 1. The molecule has 0 atom stereocenters. The molecule has 1 aromatic carbocycles. The van der Waals surface area contributed by atoms with E-state index in [1.54, 1.807) is 25.1 Å². The third-order valence-corrected chi connectivity index (χ3v) is 2.71. The lowest BCUT2D eigenvalue weighted by Crippen LogP contribution is -2.17. The van der Waals surface area contributed by atoms with E-state index in [1.165, 1.54) is 25.7 Å². The number of aromatic hydroxyl groups is 1. The van der Waals surface area contributed by atoms with Crippen molar-refractivity contribution in [1.29, 1.82) is 0 Å². The Labute approximate surface area is 115 Å². The summed E-state index contributed by atoms with van der Waals surface area (Å²) >= 11 is 0. The number of ether oxygens (including phenoxy) is 1. The highest BCUT2D eigenvalue weighted by Crippen LogP contribution is 2.20. The Kier molecular flexibility index (Phi) is 4.05. The number of carbonyl (C=O) groups is 1. The molecule has 2 N–H and O–H groups in total. The first kappa shape index (κ1) is 13.7. The van der Waals surface area contributed by atoms with E-state index >= 15 is 0 Å². The fourth-order valence-electron chi connectivity index (χ4n) is 1.60. The zero-order valence-electron chi connectivity index (χ0n) is 11.1. The lowest BCUT2D eigenvalue weighted by molar-refractivity contribution is 0.0953. The van der Waals surface area contributed by atoms with Crippen molar-refractivity contribution < 1.29 is 19.1 Å². The highest BCUT2D eigenvalue weighted by molar-refractivity contribution is 5.95. The van der Waals surface area contributed by atoms with Crippen LogP contribution in [0.1, 0.15) is 21.7 Å². The monoisotopic (exact) mass is 274 g/mol. The van der Waals surface area contributed by atoms with Gasteiger partial charge < -0.3 is 14.3 Å². The van der Waals surface area contributed by atoms with Gasteiger partial charge in [-0.25, -0.2) is 5.43 Å². The minimum Gasteiger partial charge on any atom is -0.507 e. The van der Waals surface area contributed by atoms with E-state index in [4.69, 9.17) is 9.15 Å². The summed E-state index contributed by atoms with van der Waals surface area (Å²) < 4.78 is 10.1. The van der Waals surface area contributed by atoms with Crippen molar-refractivity contribution >= 4 is 12.1 Å². The maximum absolute atomic E-state index is 11.8. The molecule has 0 unspecified atom stereocenters. The van der Waals surface area contributed by atoms with E-state index in [9.17, 15) is 9.90 Å². The van der Waals surface area contributed by atoms with Gasteiger partial charge in [0.2, 0.25) is 0 Å². The van der Waals surface area contributed by atoms with Gasteiger partial charge in [0, 0.05) is 5.56 Å². The quantitative estimate of drug-likeness (QED) is 0.660. The number of phenolic OH excluding ortho intramolecular Hbond substituents is 1. The second kappa shape index (κ2) is 5.92. The topological polar surface area (TPSA) is 84.1 Å².